The van der Waals surface area contributed by atoms with Gasteiger partial charge in [-0.1, -0.05) is 29.5 Å². The van der Waals surface area contributed by atoms with Gasteiger partial charge in [0.1, 0.15) is 29.7 Å². The minimum atomic E-state index is -0.290. The lowest BCUT2D eigenvalue weighted by Gasteiger charge is -2.27. The summed E-state index contributed by atoms with van der Waals surface area (Å²) in [5, 5.41) is 7.12. The summed E-state index contributed by atoms with van der Waals surface area (Å²) in [7, 11) is 1.61. The van der Waals surface area contributed by atoms with Gasteiger partial charge in [0.25, 0.3) is 0 Å². The van der Waals surface area contributed by atoms with Crippen molar-refractivity contribution in [2.45, 2.75) is 18.6 Å². The summed E-state index contributed by atoms with van der Waals surface area (Å²) in [6.07, 6.45) is 1.66. The van der Waals surface area contributed by atoms with Crippen molar-refractivity contribution in [3.63, 3.8) is 0 Å². The molecule has 0 bridgehead atoms. The number of rotatable bonds is 6. The molecule has 2 unspecified atom stereocenters. The van der Waals surface area contributed by atoms with Gasteiger partial charge in [0.2, 0.25) is 0 Å². The highest BCUT2D eigenvalue weighted by atomic mass is 35.5. The minimum Gasteiger partial charge on any atom is -0.497 e. The van der Waals surface area contributed by atoms with Crippen LogP contribution in [0, 0.1) is 11.8 Å². The normalized spacial score (nSPS) is 18.3. The molecule has 2 aliphatic rings. The van der Waals surface area contributed by atoms with Gasteiger partial charge in [-0.05, 0) is 36.4 Å². The summed E-state index contributed by atoms with van der Waals surface area (Å²) >= 11 is 8.04. The van der Waals surface area contributed by atoms with Crippen LogP contribution >= 0.6 is 22.9 Å². The van der Waals surface area contributed by atoms with Crippen LogP contribution < -0.4 is 20.1 Å². The predicted octanol–water partition coefficient (Wildman–Crippen LogP) is 5.44. The third kappa shape index (κ3) is 6.69. The van der Waals surface area contributed by atoms with Crippen molar-refractivity contribution < 1.29 is 23.7 Å². The fourth-order valence-corrected chi connectivity index (χ4v) is 5.76. The number of hydrogen-bond donors (Lipinski definition) is 2. The standard InChI is InChI=1S/C30H28ClN5O5S/c1-38-21-3-2-4-22(15-21)40-27-8-6-20(14-25(27)31)35-29-28-26(33-18-34-29)16-24(42-28)7-5-19-13-23(17-32-19)41-30(37)36-9-11-39-12-10-36/h2-4,6,8,14-16,18-19,23,32H,9-13,17H2,1H3,(H,33,34,35). The average molecular weight is 606 g/mol. The Hall–Kier alpha value is -4.08. The smallest absolute Gasteiger partial charge is 0.410 e. The lowest BCUT2D eigenvalue weighted by molar-refractivity contribution is 0.0156. The Morgan fingerprint density at radius 3 is 2.86 bits per heavy atom. The molecular formula is C30H28ClN5O5S. The van der Waals surface area contributed by atoms with Gasteiger partial charge in [-0.2, -0.15) is 0 Å². The molecule has 12 heteroatoms. The van der Waals surface area contributed by atoms with E-state index in [2.05, 4.69) is 32.4 Å². The number of amides is 1. The number of halogens is 1. The van der Waals surface area contributed by atoms with Crippen molar-refractivity contribution in [3.05, 3.63) is 64.8 Å². The van der Waals surface area contributed by atoms with Crippen LogP contribution in [0.3, 0.4) is 0 Å². The first-order valence-electron chi connectivity index (χ1n) is 13.5. The number of methoxy groups -OCH3 is 1. The van der Waals surface area contributed by atoms with Crippen molar-refractivity contribution in [1.29, 1.82) is 0 Å². The van der Waals surface area contributed by atoms with Gasteiger partial charge in [-0.25, -0.2) is 14.8 Å². The molecule has 2 N–H and O–H groups in total. The molecule has 2 aliphatic heterocycles. The number of aromatic nitrogens is 2. The SMILES string of the molecule is COc1cccc(Oc2ccc(Nc3ncnc4cc(C#CC5CC(OC(=O)N6CCOCC6)CN5)sc34)cc2Cl)c1. The quantitative estimate of drug-likeness (QED) is 0.278. The summed E-state index contributed by atoms with van der Waals surface area (Å²) < 4.78 is 23.0. The first-order chi connectivity index (χ1) is 20.5. The van der Waals surface area contributed by atoms with E-state index in [1.165, 1.54) is 17.7 Å². The highest BCUT2D eigenvalue weighted by Gasteiger charge is 2.28. The third-order valence-electron chi connectivity index (χ3n) is 6.77. The van der Waals surface area contributed by atoms with Crippen molar-refractivity contribution in [2.24, 2.45) is 0 Å². The van der Waals surface area contributed by atoms with Gasteiger partial charge in [0.15, 0.2) is 5.82 Å². The zero-order valence-corrected chi connectivity index (χ0v) is 24.3. The zero-order valence-electron chi connectivity index (χ0n) is 22.8. The predicted molar refractivity (Wildman–Crippen MR) is 161 cm³/mol. The van der Waals surface area contributed by atoms with Gasteiger partial charge >= 0.3 is 6.09 Å². The maximum Gasteiger partial charge on any atom is 0.410 e. The minimum absolute atomic E-state index is 0.0683. The highest BCUT2D eigenvalue weighted by molar-refractivity contribution is 7.20. The monoisotopic (exact) mass is 605 g/mol. The summed E-state index contributed by atoms with van der Waals surface area (Å²) in [4.78, 5) is 23.8. The second kappa shape index (κ2) is 12.8. The second-order valence-corrected chi connectivity index (χ2v) is 11.1. The Morgan fingerprint density at radius 1 is 1.17 bits per heavy atom. The van der Waals surface area contributed by atoms with Crippen molar-refractivity contribution in [2.75, 3.05) is 45.3 Å². The molecule has 2 aromatic carbocycles. The van der Waals surface area contributed by atoms with Crippen LogP contribution in [-0.4, -0.2) is 73.1 Å². The lowest BCUT2D eigenvalue weighted by atomic mass is 10.2. The molecule has 42 heavy (non-hydrogen) atoms. The van der Waals surface area contributed by atoms with Crippen LogP contribution in [0.4, 0.5) is 16.3 Å². The van der Waals surface area contributed by atoms with Crippen molar-refractivity contribution >= 4 is 50.8 Å². The van der Waals surface area contributed by atoms with E-state index in [-0.39, 0.29) is 18.2 Å². The van der Waals surface area contributed by atoms with E-state index in [0.29, 0.717) is 67.4 Å². The van der Waals surface area contributed by atoms with E-state index in [4.69, 9.17) is 30.5 Å². The average Bonchev–Trinajstić information content (AvgIpc) is 3.65. The topological polar surface area (TPSA) is 107 Å². The maximum atomic E-state index is 12.4. The number of benzene rings is 2. The molecule has 1 amide bonds. The summed E-state index contributed by atoms with van der Waals surface area (Å²) in [5.41, 5.74) is 1.55. The largest absolute Gasteiger partial charge is 0.497 e. The zero-order chi connectivity index (χ0) is 28.9. The molecule has 2 atom stereocenters. The van der Waals surface area contributed by atoms with Crippen LogP contribution in [0.15, 0.2) is 54.9 Å². The van der Waals surface area contributed by atoms with Crippen molar-refractivity contribution in [3.8, 4) is 29.1 Å². The van der Waals surface area contributed by atoms with E-state index in [0.717, 1.165) is 20.8 Å². The Bertz CT molecular complexity index is 1650. The van der Waals surface area contributed by atoms with Gasteiger partial charge < -0.3 is 29.2 Å². The van der Waals surface area contributed by atoms with Crippen LogP contribution in [-0.2, 0) is 9.47 Å². The van der Waals surface area contributed by atoms with Crippen molar-refractivity contribution in [1.82, 2.24) is 20.2 Å². The molecular weight excluding hydrogens is 578 g/mol. The molecule has 0 spiro atoms. The highest BCUT2D eigenvalue weighted by Crippen LogP contribution is 2.35. The van der Waals surface area contributed by atoms with Gasteiger partial charge in [-0.15, -0.1) is 11.3 Å². The molecule has 2 saturated heterocycles. The molecule has 6 rings (SSSR count). The molecule has 2 fully saturated rings. The Balaban J connectivity index is 1.10. The van der Waals surface area contributed by atoms with Gasteiger partial charge in [-0.3, -0.25) is 5.32 Å². The first-order valence-corrected chi connectivity index (χ1v) is 14.6. The number of carbonyl (C=O) groups is 1. The molecule has 0 saturated carbocycles. The van der Waals surface area contributed by atoms with Crippen LogP contribution in [0.2, 0.25) is 5.02 Å². The lowest BCUT2D eigenvalue weighted by Crippen LogP contribution is -2.42. The molecule has 10 nitrogen and oxygen atoms in total. The Morgan fingerprint density at radius 2 is 2.02 bits per heavy atom. The molecule has 216 valence electrons. The number of ether oxygens (including phenoxy) is 4. The number of hydrogen-bond acceptors (Lipinski definition) is 10. The number of nitrogens with zero attached hydrogens (tertiary/aromatic N) is 3. The number of thiophene rings is 1. The third-order valence-corrected chi connectivity index (χ3v) is 8.11. The van der Waals surface area contributed by atoms with E-state index in [1.807, 2.05) is 30.3 Å². The molecule has 4 aromatic rings. The number of fused-ring (bicyclic) bond motifs is 1. The van der Waals surface area contributed by atoms with Crippen LogP contribution in [0.1, 0.15) is 11.3 Å². The Labute approximate surface area is 251 Å². The first kappa shape index (κ1) is 28.1. The fourth-order valence-electron chi connectivity index (χ4n) is 4.62. The van der Waals surface area contributed by atoms with Crippen LogP contribution in [0.25, 0.3) is 10.2 Å². The van der Waals surface area contributed by atoms with E-state index >= 15 is 0 Å². The number of anilines is 2. The van der Waals surface area contributed by atoms with E-state index in [1.54, 1.807) is 30.2 Å². The number of carbonyl (C=O) groups excluding carboxylic acids is 1. The fraction of sp³-hybridized carbons (Fsp3) is 0.300. The van der Waals surface area contributed by atoms with Gasteiger partial charge in [0, 0.05) is 37.8 Å². The van der Waals surface area contributed by atoms with Gasteiger partial charge in [0.05, 0.1) is 46.5 Å². The number of nitrogens with one attached hydrogen (secondary N) is 2. The Kier molecular flexibility index (Phi) is 8.58. The van der Waals surface area contributed by atoms with Crippen LogP contribution in [0.5, 0.6) is 17.2 Å². The molecule has 0 aliphatic carbocycles. The second-order valence-electron chi connectivity index (χ2n) is 9.67. The molecule has 0 radical (unpaired) electrons. The number of morpholine rings is 1. The molecule has 2 aromatic heterocycles. The maximum absolute atomic E-state index is 12.4. The summed E-state index contributed by atoms with van der Waals surface area (Å²) in [6.45, 7) is 2.79. The summed E-state index contributed by atoms with van der Waals surface area (Å²) in [5.74, 6) is 9.02. The van der Waals surface area contributed by atoms with E-state index in [9.17, 15) is 4.79 Å². The molecule has 4 heterocycles. The van der Waals surface area contributed by atoms with E-state index < -0.39 is 0 Å². The summed E-state index contributed by atoms with van der Waals surface area (Å²) in [6, 6.07) is 14.7.